The van der Waals surface area contributed by atoms with Crippen LogP contribution in [0.5, 0.6) is 0 Å². The summed E-state index contributed by atoms with van der Waals surface area (Å²) in [6.07, 6.45) is 4.67. The summed E-state index contributed by atoms with van der Waals surface area (Å²) < 4.78 is 1.86. The molecule has 0 spiro atoms. The highest BCUT2D eigenvalue weighted by atomic mass is 16.1. The van der Waals surface area contributed by atoms with Crippen molar-refractivity contribution in [3.8, 4) is 0 Å². The Hall–Kier alpha value is -2.14. The molecule has 1 amide bonds. The van der Waals surface area contributed by atoms with Crippen LogP contribution >= 0.6 is 0 Å². The molecule has 0 bridgehead atoms. The van der Waals surface area contributed by atoms with E-state index in [1.165, 1.54) is 0 Å². The lowest BCUT2D eigenvalue weighted by molar-refractivity contribution is 0.0952. The molecule has 23 heavy (non-hydrogen) atoms. The average Bonchev–Trinajstić information content (AvgIpc) is 3.08. The minimum Gasteiger partial charge on any atom is -0.352 e. The normalized spacial score (nSPS) is 10.9. The maximum absolute atomic E-state index is 12.1. The molecule has 1 aromatic heterocycles. The fourth-order valence-electron chi connectivity index (χ4n) is 2.49. The van der Waals surface area contributed by atoms with Gasteiger partial charge >= 0.3 is 0 Å². The quantitative estimate of drug-likeness (QED) is 0.723. The van der Waals surface area contributed by atoms with E-state index in [4.69, 9.17) is 0 Å². The lowest BCUT2D eigenvalue weighted by atomic mass is 10.1. The van der Waals surface area contributed by atoms with Crippen molar-refractivity contribution >= 4 is 5.91 Å². The van der Waals surface area contributed by atoms with E-state index >= 15 is 0 Å². The van der Waals surface area contributed by atoms with Crippen LogP contribution in [0.15, 0.2) is 42.7 Å². The third kappa shape index (κ3) is 5.53. The molecule has 0 aliphatic heterocycles. The highest BCUT2D eigenvalue weighted by molar-refractivity contribution is 5.94. The predicted molar refractivity (Wildman–Crippen MR) is 92.5 cm³/mol. The first kappa shape index (κ1) is 17.2. The van der Waals surface area contributed by atoms with E-state index in [0.29, 0.717) is 12.1 Å². The molecule has 124 valence electrons. The second-order valence-corrected chi connectivity index (χ2v) is 5.54. The van der Waals surface area contributed by atoms with E-state index in [1.807, 2.05) is 41.2 Å². The summed E-state index contributed by atoms with van der Waals surface area (Å²) in [4.78, 5) is 14.5. The summed E-state index contributed by atoms with van der Waals surface area (Å²) in [7, 11) is 0. The number of carbonyl (C=O) groups excluding carboxylic acids is 1. The van der Waals surface area contributed by atoms with Crippen molar-refractivity contribution in [2.24, 2.45) is 0 Å². The largest absolute Gasteiger partial charge is 0.352 e. The van der Waals surface area contributed by atoms with Gasteiger partial charge in [0.2, 0.25) is 0 Å². The Labute approximate surface area is 138 Å². The minimum atomic E-state index is -0.00446. The molecule has 0 aliphatic carbocycles. The monoisotopic (exact) mass is 314 g/mol. The van der Waals surface area contributed by atoms with Crippen LogP contribution in [0.4, 0.5) is 0 Å². The number of amides is 1. The lowest BCUT2D eigenvalue weighted by Gasteiger charge is -2.17. The van der Waals surface area contributed by atoms with Crippen molar-refractivity contribution in [1.82, 2.24) is 20.0 Å². The van der Waals surface area contributed by atoms with Gasteiger partial charge in [0, 0.05) is 24.5 Å². The number of hydrogen-bond acceptors (Lipinski definition) is 3. The minimum absolute atomic E-state index is 0.00446. The summed E-state index contributed by atoms with van der Waals surface area (Å²) in [6, 6.07) is 9.61. The van der Waals surface area contributed by atoms with Crippen LogP contribution in [0.25, 0.3) is 0 Å². The van der Waals surface area contributed by atoms with Crippen molar-refractivity contribution in [3.05, 3.63) is 53.9 Å². The number of hydrogen-bond donors (Lipinski definition) is 1. The van der Waals surface area contributed by atoms with Crippen LogP contribution in [-0.2, 0) is 6.54 Å². The Kier molecular flexibility index (Phi) is 6.81. The first-order valence-electron chi connectivity index (χ1n) is 8.29. The Morgan fingerprint density at radius 1 is 1.22 bits per heavy atom. The zero-order valence-electron chi connectivity index (χ0n) is 14.0. The number of rotatable bonds is 9. The number of carbonyl (C=O) groups is 1. The summed E-state index contributed by atoms with van der Waals surface area (Å²) in [5.41, 5.74) is 1.84. The average molecular weight is 314 g/mol. The fraction of sp³-hybridized carbons (Fsp3) is 0.444. The van der Waals surface area contributed by atoms with Gasteiger partial charge in [0.05, 0.1) is 6.54 Å². The molecule has 0 unspecified atom stereocenters. The summed E-state index contributed by atoms with van der Waals surface area (Å²) in [5.74, 6) is -0.00446. The van der Waals surface area contributed by atoms with Crippen molar-refractivity contribution < 1.29 is 4.79 Å². The standard InChI is InChI=1S/C18H26N4O/c1-3-21(4-2)13-5-11-19-18(23)17-9-7-16(8-10-17)15-22-14-6-12-20-22/h6-10,12,14H,3-5,11,13,15H2,1-2H3,(H,19,23). The number of benzene rings is 1. The molecule has 1 aromatic carbocycles. The number of nitrogens with one attached hydrogen (secondary N) is 1. The van der Waals surface area contributed by atoms with Crippen LogP contribution in [0.1, 0.15) is 36.2 Å². The van der Waals surface area contributed by atoms with Crippen LogP contribution in [0.3, 0.4) is 0 Å². The van der Waals surface area contributed by atoms with Crippen LogP contribution in [-0.4, -0.2) is 46.8 Å². The highest BCUT2D eigenvalue weighted by Gasteiger charge is 2.05. The Bertz CT molecular complexity index is 574. The molecule has 2 rings (SSSR count). The van der Waals surface area contributed by atoms with Gasteiger partial charge in [0.25, 0.3) is 5.91 Å². The Balaban J connectivity index is 1.76. The Morgan fingerprint density at radius 2 is 1.96 bits per heavy atom. The molecular formula is C18H26N4O. The van der Waals surface area contributed by atoms with E-state index in [-0.39, 0.29) is 5.91 Å². The van der Waals surface area contributed by atoms with E-state index in [0.717, 1.165) is 38.2 Å². The highest BCUT2D eigenvalue weighted by Crippen LogP contribution is 2.06. The van der Waals surface area contributed by atoms with Gasteiger partial charge in [-0.1, -0.05) is 26.0 Å². The second kappa shape index (κ2) is 9.10. The zero-order valence-corrected chi connectivity index (χ0v) is 14.0. The second-order valence-electron chi connectivity index (χ2n) is 5.54. The molecule has 5 nitrogen and oxygen atoms in total. The van der Waals surface area contributed by atoms with E-state index in [1.54, 1.807) is 6.20 Å². The van der Waals surface area contributed by atoms with Crippen LogP contribution < -0.4 is 5.32 Å². The smallest absolute Gasteiger partial charge is 0.251 e. The van der Waals surface area contributed by atoms with Gasteiger partial charge in [-0.15, -0.1) is 0 Å². The summed E-state index contributed by atoms with van der Waals surface area (Å²) in [6.45, 7) is 8.89. The topological polar surface area (TPSA) is 50.2 Å². The van der Waals surface area contributed by atoms with Gasteiger partial charge in [-0.25, -0.2) is 0 Å². The summed E-state index contributed by atoms with van der Waals surface area (Å²) in [5, 5.41) is 7.16. The fourth-order valence-corrected chi connectivity index (χ4v) is 2.49. The van der Waals surface area contributed by atoms with Crippen LogP contribution in [0, 0.1) is 0 Å². The zero-order chi connectivity index (χ0) is 16.5. The molecule has 2 aromatic rings. The van der Waals surface area contributed by atoms with Crippen molar-refractivity contribution in [3.63, 3.8) is 0 Å². The van der Waals surface area contributed by atoms with E-state index in [2.05, 4.69) is 29.2 Å². The third-order valence-electron chi connectivity index (χ3n) is 3.95. The van der Waals surface area contributed by atoms with E-state index < -0.39 is 0 Å². The Morgan fingerprint density at radius 3 is 2.57 bits per heavy atom. The lowest BCUT2D eigenvalue weighted by Crippen LogP contribution is -2.29. The molecular weight excluding hydrogens is 288 g/mol. The first-order chi connectivity index (χ1) is 11.2. The van der Waals surface area contributed by atoms with Crippen LogP contribution in [0.2, 0.25) is 0 Å². The summed E-state index contributed by atoms with van der Waals surface area (Å²) >= 11 is 0. The van der Waals surface area contributed by atoms with E-state index in [9.17, 15) is 4.79 Å². The van der Waals surface area contributed by atoms with Gasteiger partial charge in [0.15, 0.2) is 0 Å². The maximum atomic E-state index is 12.1. The van der Waals surface area contributed by atoms with Gasteiger partial charge in [-0.2, -0.15) is 5.10 Å². The maximum Gasteiger partial charge on any atom is 0.251 e. The SMILES string of the molecule is CCN(CC)CCCNC(=O)c1ccc(Cn2cccn2)cc1. The first-order valence-corrected chi connectivity index (χ1v) is 8.29. The predicted octanol–water partition coefficient (Wildman–Crippen LogP) is 2.39. The molecule has 1 N–H and O–H groups in total. The molecule has 0 radical (unpaired) electrons. The number of nitrogens with zero attached hydrogens (tertiary/aromatic N) is 3. The van der Waals surface area contributed by atoms with Gasteiger partial charge in [-0.3, -0.25) is 9.48 Å². The third-order valence-corrected chi connectivity index (χ3v) is 3.95. The van der Waals surface area contributed by atoms with Gasteiger partial charge in [-0.05, 0) is 49.8 Å². The van der Waals surface area contributed by atoms with Crippen molar-refractivity contribution in [2.75, 3.05) is 26.2 Å². The molecule has 1 heterocycles. The van der Waals surface area contributed by atoms with Gasteiger partial charge < -0.3 is 10.2 Å². The molecule has 5 heteroatoms. The van der Waals surface area contributed by atoms with Crippen molar-refractivity contribution in [1.29, 1.82) is 0 Å². The number of aromatic nitrogens is 2. The molecule has 0 saturated carbocycles. The van der Waals surface area contributed by atoms with Crippen molar-refractivity contribution in [2.45, 2.75) is 26.8 Å². The molecule has 0 saturated heterocycles. The van der Waals surface area contributed by atoms with Gasteiger partial charge in [0.1, 0.15) is 0 Å². The molecule has 0 aliphatic rings. The molecule has 0 atom stereocenters. The molecule has 0 fully saturated rings.